The molecule has 2 nitrogen and oxygen atoms in total. The van der Waals surface area contributed by atoms with Crippen molar-refractivity contribution in [3.8, 4) is 11.1 Å². The van der Waals surface area contributed by atoms with Crippen molar-refractivity contribution in [1.82, 2.24) is 4.98 Å². The van der Waals surface area contributed by atoms with E-state index in [4.69, 9.17) is 5.73 Å². The summed E-state index contributed by atoms with van der Waals surface area (Å²) < 4.78 is 0. The standard InChI is InChI=1S/C16H14N2/c1-11-4-2-3-5-15(11)13-8-12-9-14(17)6-7-16(12)18-10-13/h2-10H,17H2,1H3. The second-order valence-corrected chi connectivity index (χ2v) is 4.49. The average Bonchev–Trinajstić information content (AvgIpc) is 2.38. The molecule has 0 fully saturated rings. The second-order valence-electron chi connectivity index (χ2n) is 4.49. The van der Waals surface area contributed by atoms with Crippen molar-refractivity contribution in [2.45, 2.75) is 6.92 Å². The quantitative estimate of drug-likeness (QED) is 0.650. The van der Waals surface area contributed by atoms with Gasteiger partial charge in [-0.2, -0.15) is 0 Å². The zero-order valence-corrected chi connectivity index (χ0v) is 10.2. The maximum Gasteiger partial charge on any atom is 0.0703 e. The van der Waals surface area contributed by atoms with Gasteiger partial charge in [0.1, 0.15) is 0 Å². The lowest BCUT2D eigenvalue weighted by atomic mass is 10.0. The van der Waals surface area contributed by atoms with Gasteiger partial charge in [0.05, 0.1) is 5.52 Å². The van der Waals surface area contributed by atoms with Gasteiger partial charge in [-0.25, -0.2) is 0 Å². The number of nitrogens with two attached hydrogens (primary N) is 1. The lowest BCUT2D eigenvalue weighted by molar-refractivity contribution is 1.39. The minimum absolute atomic E-state index is 0.770. The highest BCUT2D eigenvalue weighted by atomic mass is 14.7. The van der Waals surface area contributed by atoms with Crippen LogP contribution in [0.4, 0.5) is 5.69 Å². The molecule has 0 atom stereocenters. The van der Waals surface area contributed by atoms with Crippen LogP contribution >= 0.6 is 0 Å². The van der Waals surface area contributed by atoms with E-state index >= 15 is 0 Å². The van der Waals surface area contributed by atoms with E-state index in [1.54, 1.807) is 0 Å². The molecule has 3 rings (SSSR count). The fraction of sp³-hybridized carbons (Fsp3) is 0.0625. The van der Waals surface area contributed by atoms with E-state index in [1.165, 1.54) is 11.1 Å². The molecule has 0 unspecified atom stereocenters. The highest BCUT2D eigenvalue weighted by Gasteiger charge is 2.03. The highest BCUT2D eigenvalue weighted by Crippen LogP contribution is 2.26. The highest BCUT2D eigenvalue weighted by molar-refractivity contribution is 5.86. The number of aryl methyl sites for hydroxylation is 1. The van der Waals surface area contributed by atoms with Crippen LogP contribution in [-0.2, 0) is 0 Å². The molecule has 2 heteroatoms. The van der Waals surface area contributed by atoms with Crippen LogP contribution in [0.5, 0.6) is 0 Å². The number of pyridine rings is 1. The monoisotopic (exact) mass is 234 g/mol. The predicted octanol–water partition coefficient (Wildman–Crippen LogP) is 3.79. The van der Waals surface area contributed by atoms with Crippen molar-refractivity contribution >= 4 is 16.6 Å². The van der Waals surface area contributed by atoms with Gasteiger partial charge in [0.15, 0.2) is 0 Å². The summed E-state index contributed by atoms with van der Waals surface area (Å²) in [6, 6.07) is 16.3. The normalized spacial score (nSPS) is 10.7. The molecule has 0 amide bonds. The summed E-state index contributed by atoms with van der Waals surface area (Å²) in [5.74, 6) is 0. The third-order valence-corrected chi connectivity index (χ3v) is 3.16. The van der Waals surface area contributed by atoms with Gasteiger partial charge >= 0.3 is 0 Å². The maximum absolute atomic E-state index is 5.81. The van der Waals surface area contributed by atoms with Crippen LogP contribution in [0.1, 0.15) is 5.56 Å². The molecular weight excluding hydrogens is 220 g/mol. The third kappa shape index (κ3) is 1.82. The predicted molar refractivity (Wildman–Crippen MR) is 76.3 cm³/mol. The Bertz CT molecular complexity index is 717. The van der Waals surface area contributed by atoms with Crippen LogP contribution in [0.25, 0.3) is 22.0 Å². The minimum atomic E-state index is 0.770. The van der Waals surface area contributed by atoms with Gasteiger partial charge in [-0.3, -0.25) is 4.98 Å². The summed E-state index contributed by atoms with van der Waals surface area (Å²) in [6.07, 6.45) is 1.92. The first kappa shape index (κ1) is 10.8. The average molecular weight is 234 g/mol. The van der Waals surface area contributed by atoms with E-state index in [0.29, 0.717) is 0 Å². The molecule has 2 aromatic carbocycles. The summed E-state index contributed by atoms with van der Waals surface area (Å²) in [5, 5.41) is 1.08. The number of benzene rings is 2. The topological polar surface area (TPSA) is 38.9 Å². The largest absolute Gasteiger partial charge is 0.399 e. The number of nitrogen functional groups attached to an aromatic ring is 1. The van der Waals surface area contributed by atoms with Gasteiger partial charge in [-0.1, -0.05) is 24.3 Å². The molecule has 18 heavy (non-hydrogen) atoms. The van der Waals surface area contributed by atoms with E-state index in [0.717, 1.165) is 22.2 Å². The van der Waals surface area contributed by atoms with Crippen LogP contribution in [0, 0.1) is 6.92 Å². The molecule has 1 aromatic heterocycles. The van der Waals surface area contributed by atoms with Gasteiger partial charge in [0.25, 0.3) is 0 Å². The molecule has 0 bridgehead atoms. The van der Waals surface area contributed by atoms with Crippen LogP contribution in [0.2, 0.25) is 0 Å². The summed E-state index contributed by atoms with van der Waals surface area (Å²) >= 11 is 0. The number of hydrogen-bond acceptors (Lipinski definition) is 2. The second kappa shape index (κ2) is 4.15. The summed E-state index contributed by atoms with van der Waals surface area (Å²) in [6.45, 7) is 2.11. The Balaban J connectivity index is 2.22. The fourth-order valence-electron chi connectivity index (χ4n) is 2.19. The van der Waals surface area contributed by atoms with Gasteiger partial charge in [-0.05, 0) is 42.3 Å². The molecule has 0 saturated heterocycles. The third-order valence-electron chi connectivity index (χ3n) is 3.16. The molecule has 2 N–H and O–H groups in total. The maximum atomic E-state index is 5.81. The van der Waals surface area contributed by atoms with Crippen LogP contribution in [0.3, 0.4) is 0 Å². The number of fused-ring (bicyclic) bond motifs is 1. The van der Waals surface area contributed by atoms with E-state index in [-0.39, 0.29) is 0 Å². The first-order chi connectivity index (χ1) is 8.74. The number of aromatic nitrogens is 1. The zero-order valence-electron chi connectivity index (χ0n) is 10.2. The Hall–Kier alpha value is -2.35. The van der Waals surface area contributed by atoms with Crippen molar-refractivity contribution in [2.24, 2.45) is 0 Å². The summed E-state index contributed by atoms with van der Waals surface area (Å²) in [7, 11) is 0. The molecule has 0 saturated carbocycles. The Labute approximate surface area is 106 Å². The van der Waals surface area contributed by atoms with Gasteiger partial charge in [-0.15, -0.1) is 0 Å². The molecule has 0 radical (unpaired) electrons. The Kier molecular flexibility index (Phi) is 2.49. The number of hydrogen-bond donors (Lipinski definition) is 1. The van der Waals surface area contributed by atoms with Crippen LogP contribution < -0.4 is 5.73 Å². The fourth-order valence-corrected chi connectivity index (χ4v) is 2.19. The first-order valence-electron chi connectivity index (χ1n) is 5.95. The van der Waals surface area contributed by atoms with Crippen molar-refractivity contribution in [3.63, 3.8) is 0 Å². The summed E-state index contributed by atoms with van der Waals surface area (Å²) in [5.41, 5.74) is 11.2. The SMILES string of the molecule is Cc1ccccc1-c1cnc2ccc(N)cc2c1. The van der Waals surface area contributed by atoms with Crippen molar-refractivity contribution < 1.29 is 0 Å². The van der Waals surface area contributed by atoms with E-state index in [2.05, 4.69) is 30.1 Å². The Morgan fingerprint density at radius 3 is 2.67 bits per heavy atom. The van der Waals surface area contributed by atoms with Crippen molar-refractivity contribution in [3.05, 3.63) is 60.3 Å². The minimum Gasteiger partial charge on any atom is -0.399 e. The van der Waals surface area contributed by atoms with Gasteiger partial charge in [0, 0.05) is 22.8 Å². The van der Waals surface area contributed by atoms with Crippen LogP contribution in [-0.4, -0.2) is 4.98 Å². The van der Waals surface area contributed by atoms with Gasteiger partial charge < -0.3 is 5.73 Å². The zero-order chi connectivity index (χ0) is 12.5. The number of rotatable bonds is 1. The van der Waals surface area contributed by atoms with Crippen molar-refractivity contribution in [1.29, 1.82) is 0 Å². The number of anilines is 1. The lowest BCUT2D eigenvalue weighted by Crippen LogP contribution is -1.88. The molecule has 0 aliphatic carbocycles. The molecule has 3 aromatic rings. The van der Waals surface area contributed by atoms with Crippen molar-refractivity contribution in [2.75, 3.05) is 5.73 Å². The molecule has 88 valence electrons. The Morgan fingerprint density at radius 2 is 1.83 bits per heavy atom. The Morgan fingerprint density at radius 1 is 1.00 bits per heavy atom. The molecular formula is C16H14N2. The van der Waals surface area contributed by atoms with Crippen LogP contribution in [0.15, 0.2) is 54.7 Å². The lowest BCUT2D eigenvalue weighted by Gasteiger charge is -2.07. The van der Waals surface area contributed by atoms with Gasteiger partial charge in [0.2, 0.25) is 0 Å². The van der Waals surface area contributed by atoms with E-state index in [9.17, 15) is 0 Å². The van der Waals surface area contributed by atoms with E-state index in [1.807, 2.05) is 36.5 Å². The molecule has 0 spiro atoms. The smallest absolute Gasteiger partial charge is 0.0703 e. The molecule has 0 aliphatic rings. The van der Waals surface area contributed by atoms with E-state index < -0.39 is 0 Å². The molecule has 1 heterocycles. The summed E-state index contributed by atoms with van der Waals surface area (Å²) in [4.78, 5) is 4.48. The molecule has 0 aliphatic heterocycles. The number of nitrogens with zero attached hydrogens (tertiary/aromatic N) is 1. The first-order valence-corrected chi connectivity index (χ1v) is 5.95.